The molecule has 1 aromatic carbocycles. The van der Waals surface area contributed by atoms with E-state index < -0.39 is 11.9 Å². The van der Waals surface area contributed by atoms with Gasteiger partial charge in [-0.2, -0.15) is 13.2 Å². The number of para-hydroxylation sites is 1. The first-order valence-electron chi connectivity index (χ1n) is 6.81. The van der Waals surface area contributed by atoms with Crippen LogP contribution in [-0.4, -0.2) is 21.6 Å². The SMILES string of the molecule is CCc1ccccc1NC(=O)CSc1nccc(C(F)(F)F)n1. The Morgan fingerprint density at radius 1 is 1.26 bits per heavy atom. The topological polar surface area (TPSA) is 54.9 Å². The summed E-state index contributed by atoms with van der Waals surface area (Å²) in [6, 6.07) is 8.15. The molecule has 0 saturated heterocycles. The van der Waals surface area contributed by atoms with Crippen LogP contribution in [0.15, 0.2) is 41.7 Å². The molecule has 0 fully saturated rings. The molecule has 1 amide bonds. The van der Waals surface area contributed by atoms with Gasteiger partial charge in [0.05, 0.1) is 5.75 Å². The van der Waals surface area contributed by atoms with Gasteiger partial charge in [-0.05, 0) is 24.1 Å². The van der Waals surface area contributed by atoms with Crippen molar-refractivity contribution in [1.29, 1.82) is 0 Å². The van der Waals surface area contributed by atoms with E-state index in [0.29, 0.717) is 5.69 Å². The Hall–Kier alpha value is -2.09. The highest BCUT2D eigenvalue weighted by molar-refractivity contribution is 7.99. The van der Waals surface area contributed by atoms with Crippen molar-refractivity contribution in [1.82, 2.24) is 9.97 Å². The van der Waals surface area contributed by atoms with E-state index in [1.807, 2.05) is 19.1 Å². The number of hydrogen-bond acceptors (Lipinski definition) is 4. The molecule has 0 saturated carbocycles. The highest BCUT2D eigenvalue weighted by Crippen LogP contribution is 2.28. The third-order valence-corrected chi connectivity index (χ3v) is 3.79. The number of thioether (sulfide) groups is 1. The van der Waals surface area contributed by atoms with E-state index in [1.54, 1.807) is 12.1 Å². The zero-order valence-corrected chi connectivity index (χ0v) is 13.0. The average Bonchev–Trinajstić information content (AvgIpc) is 2.53. The van der Waals surface area contributed by atoms with Gasteiger partial charge in [-0.1, -0.05) is 36.9 Å². The van der Waals surface area contributed by atoms with E-state index in [9.17, 15) is 18.0 Å². The minimum Gasteiger partial charge on any atom is -0.325 e. The van der Waals surface area contributed by atoms with E-state index >= 15 is 0 Å². The van der Waals surface area contributed by atoms with E-state index in [4.69, 9.17) is 0 Å². The van der Waals surface area contributed by atoms with Gasteiger partial charge in [0.25, 0.3) is 0 Å². The fraction of sp³-hybridized carbons (Fsp3) is 0.267. The number of aromatic nitrogens is 2. The summed E-state index contributed by atoms with van der Waals surface area (Å²) in [4.78, 5) is 19.1. The van der Waals surface area contributed by atoms with Crippen LogP contribution >= 0.6 is 11.8 Å². The second-order valence-corrected chi connectivity index (χ2v) is 5.51. The second-order valence-electron chi connectivity index (χ2n) is 4.57. The monoisotopic (exact) mass is 341 g/mol. The molecule has 122 valence electrons. The first kappa shape index (κ1) is 17.3. The normalized spacial score (nSPS) is 11.3. The number of aryl methyl sites for hydroxylation is 1. The lowest BCUT2D eigenvalue weighted by molar-refractivity contribution is -0.141. The molecule has 1 N–H and O–H groups in total. The lowest BCUT2D eigenvalue weighted by atomic mass is 10.1. The maximum absolute atomic E-state index is 12.6. The predicted octanol–water partition coefficient (Wildman–Crippen LogP) is 3.79. The standard InChI is InChI=1S/C15H14F3N3OS/c1-2-10-5-3-4-6-11(10)20-13(22)9-23-14-19-8-7-12(21-14)15(16,17)18/h3-8H,2,9H2,1H3,(H,20,22). The van der Waals surface area contributed by atoms with Crippen LogP contribution in [0, 0.1) is 0 Å². The zero-order chi connectivity index (χ0) is 16.9. The number of rotatable bonds is 5. The van der Waals surface area contributed by atoms with Crippen molar-refractivity contribution in [3.63, 3.8) is 0 Å². The molecule has 0 aliphatic rings. The maximum Gasteiger partial charge on any atom is 0.433 e. The summed E-state index contributed by atoms with van der Waals surface area (Å²) in [5, 5.41) is 2.65. The van der Waals surface area contributed by atoms with Crippen LogP contribution in [0.25, 0.3) is 0 Å². The minimum absolute atomic E-state index is 0.0701. The quantitative estimate of drug-likeness (QED) is 0.664. The Balaban J connectivity index is 1.97. The Kier molecular flexibility index (Phi) is 5.59. The number of benzene rings is 1. The Morgan fingerprint density at radius 2 is 2.00 bits per heavy atom. The number of nitrogens with zero attached hydrogens (tertiary/aromatic N) is 2. The fourth-order valence-electron chi connectivity index (χ4n) is 1.84. The first-order valence-corrected chi connectivity index (χ1v) is 7.79. The summed E-state index contributed by atoms with van der Waals surface area (Å²) in [5.74, 6) is -0.392. The molecule has 8 heteroatoms. The smallest absolute Gasteiger partial charge is 0.325 e. The molecule has 0 aliphatic carbocycles. The molecular weight excluding hydrogens is 327 g/mol. The third kappa shape index (κ3) is 4.95. The van der Waals surface area contributed by atoms with Crippen molar-refractivity contribution in [2.75, 3.05) is 11.1 Å². The van der Waals surface area contributed by atoms with Gasteiger partial charge < -0.3 is 5.32 Å². The van der Waals surface area contributed by atoms with Gasteiger partial charge in [0.15, 0.2) is 5.16 Å². The highest BCUT2D eigenvalue weighted by atomic mass is 32.2. The van der Waals surface area contributed by atoms with E-state index in [0.717, 1.165) is 36.0 Å². The number of anilines is 1. The van der Waals surface area contributed by atoms with Crippen molar-refractivity contribution >= 4 is 23.4 Å². The van der Waals surface area contributed by atoms with Gasteiger partial charge in [0, 0.05) is 11.9 Å². The summed E-state index contributed by atoms with van der Waals surface area (Å²) >= 11 is 0.857. The lowest BCUT2D eigenvalue weighted by Crippen LogP contribution is -2.16. The summed E-state index contributed by atoms with van der Waals surface area (Å²) in [6.07, 6.45) is -2.73. The molecule has 0 bridgehead atoms. The zero-order valence-electron chi connectivity index (χ0n) is 12.2. The summed E-state index contributed by atoms with van der Waals surface area (Å²) in [7, 11) is 0. The largest absolute Gasteiger partial charge is 0.433 e. The number of amides is 1. The van der Waals surface area contributed by atoms with Gasteiger partial charge in [-0.25, -0.2) is 9.97 Å². The van der Waals surface area contributed by atoms with Gasteiger partial charge in [-0.15, -0.1) is 0 Å². The number of carbonyl (C=O) groups excluding carboxylic acids is 1. The molecule has 2 aromatic rings. The first-order chi connectivity index (χ1) is 10.9. The molecule has 4 nitrogen and oxygen atoms in total. The van der Waals surface area contributed by atoms with Crippen molar-refractivity contribution in [3.8, 4) is 0 Å². The van der Waals surface area contributed by atoms with Crippen LogP contribution in [0.1, 0.15) is 18.2 Å². The molecule has 0 aliphatic heterocycles. The van der Waals surface area contributed by atoms with Crippen molar-refractivity contribution in [3.05, 3.63) is 47.8 Å². The molecule has 2 rings (SSSR count). The predicted molar refractivity (Wildman–Crippen MR) is 82.2 cm³/mol. The number of carbonyl (C=O) groups is 1. The van der Waals surface area contributed by atoms with Crippen molar-refractivity contribution in [2.45, 2.75) is 24.7 Å². The van der Waals surface area contributed by atoms with Crippen LogP contribution in [0.3, 0.4) is 0 Å². The Bertz CT molecular complexity index is 692. The van der Waals surface area contributed by atoms with Gasteiger partial charge in [-0.3, -0.25) is 4.79 Å². The summed E-state index contributed by atoms with van der Waals surface area (Å²) < 4.78 is 37.7. The minimum atomic E-state index is -4.53. The van der Waals surface area contributed by atoms with E-state index in [2.05, 4.69) is 15.3 Å². The van der Waals surface area contributed by atoms with Gasteiger partial charge >= 0.3 is 6.18 Å². The summed E-state index contributed by atoms with van der Waals surface area (Å²) in [5.41, 5.74) is 0.665. The van der Waals surface area contributed by atoms with E-state index in [1.165, 1.54) is 0 Å². The molecule has 23 heavy (non-hydrogen) atoms. The van der Waals surface area contributed by atoms with E-state index in [-0.39, 0.29) is 16.8 Å². The Labute approximate surface area is 135 Å². The van der Waals surface area contributed by atoms with Gasteiger partial charge in [0.2, 0.25) is 5.91 Å². The second kappa shape index (κ2) is 7.45. The molecule has 1 heterocycles. The van der Waals surface area contributed by atoms with Crippen molar-refractivity contribution in [2.24, 2.45) is 0 Å². The number of hydrogen-bond donors (Lipinski definition) is 1. The average molecular weight is 341 g/mol. The van der Waals surface area contributed by atoms with Crippen LogP contribution in [0.4, 0.5) is 18.9 Å². The molecule has 0 spiro atoms. The van der Waals surface area contributed by atoms with Crippen LogP contribution in [0.5, 0.6) is 0 Å². The van der Waals surface area contributed by atoms with Crippen LogP contribution in [0.2, 0.25) is 0 Å². The van der Waals surface area contributed by atoms with Crippen molar-refractivity contribution < 1.29 is 18.0 Å². The molecular formula is C15H14F3N3OS. The number of halogens is 3. The molecule has 0 atom stereocenters. The molecule has 0 radical (unpaired) electrons. The third-order valence-electron chi connectivity index (χ3n) is 2.93. The highest BCUT2D eigenvalue weighted by Gasteiger charge is 2.32. The van der Waals surface area contributed by atoms with Crippen LogP contribution < -0.4 is 5.32 Å². The molecule has 1 aromatic heterocycles. The number of alkyl halides is 3. The lowest BCUT2D eigenvalue weighted by Gasteiger charge is -2.09. The summed E-state index contributed by atoms with van der Waals surface area (Å²) in [6.45, 7) is 1.97. The fourth-order valence-corrected chi connectivity index (χ4v) is 2.47. The Morgan fingerprint density at radius 3 is 2.70 bits per heavy atom. The molecule has 0 unspecified atom stereocenters. The number of nitrogens with one attached hydrogen (secondary N) is 1. The van der Waals surface area contributed by atoms with Gasteiger partial charge in [0.1, 0.15) is 5.69 Å². The van der Waals surface area contributed by atoms with Crippen LogP contribution in [-0.2, 0) is 17.4 Å². The maximum atomic E-state index is 12.6.